The molecule has 0 aromatic carbocycles. The van der Waals surface area contributed by atoms with Crippen LogP contribution < -0.4 is 0 Å². The second-order valence-electron chi connectivity index (χ2n) is 8.33. The summed E-state index contributed by atoms with van der Waals surface area (Å²) in [6.07, 6.45) is 9.36. The molecule has 0 spiro atoms. The average molecular weight is 455 g/mol. The molecule has 3 aliphatic heterocycles. The fourth-order valence-corrected chi connectivity index (χ4v) is 3.89. The lowest BCUT2D eigenvalue weighted by atomic mass is 10.0. The molecule has 0 amide bonds. The Labute approximate surface area is 183 Å². The Balaban J connectivity index is 0.000000181. The fourth-order valence-electron chi connectivity index (χ4n) is 3.52. The monoisotopic (exact) mass is 455 g/mol. The predicted octanol–water partition coefficient (Wildman–Crippen LogP) is 2.03. The van der Waals surface area contributed by atoms with E-state index in [9.17, 15) is 14.2 Å². The van der Waals surface area contributed by atoms with Gasteiger partial charge in [0.25, 0.3) is 0 Å². The van der Waals surface area contributed by atoms with Gasteiger partial charge in [-0.2, -0.15) is 0 Å². The lowest BCUT2D eigenvalue weighted by Crippen LogP contribution is -2.29. The molecule has 0 atom stereocenters. The van der Waals surface area contributed by atoms with Gasteiger partial charge in [0.15, 0.2) is 0 Å². The molecule has 3 fully saturated rings. The highest BCUT2D eigenvalue weighted by Crippen LogP contribution is 2.36. The van der Waals surface area contributed by atoms with Crippen molar-refractivity contribution in [3.63, 3.8) is 0 Å². The van der Waals surface area contributed by atoms with E-state index >= 15 is 0 Å². The van der Waals surface area contributed by atoms with E-state index in [0.29, 0.717) is 17.1 Å². The van der Waals surface area contributed by atoms with Gasteiger partial charge in [-0.1, -0.05) is 45.4 Å². The molecule has 0 unspecified atom stereocenters. The molecule has 0 radical (unpaired) electrons. The van der Waals surface area contributed by atoms with Crippen LogP contribution in [0.2, 0.25) is 0 Å². The maximum Gasteiger partial charge on any atom is 0.469 e. The smallest absolute Gasteiger partial charge is 0.365 e. The van der Waals surface area contributed by atoms with Crippen molar-refractivity contribution in [3.8, 4) is 0 Å². The largest absolute Gasteiger partial charge is 0.469 e. The zero-order chi connectivity index (χ0) is 22.4. The summed E-state index contributed by atoms with van der Waals surface area (Å²) in [5.74, 6) is 0.0485. The number of rotatable bonds is 12. The van der Waals surface area contributed by atoms with E-state index in [4.69, 9.17) is 9.79 Å². The molecule has 4 rings (SSSR count). The van der Waals surface area contributed by atoms with Crippen molar-refractivity contribution in [1.82, 2.24) is 14.7 Å². The molecule has 0 saturated carbocycles. The standard InChI is InChI=1S/C12H13N3O2.C9H21O4P/c16-9-7-8(13-1-2-13)12(17)11(15-5-6-15)10(9)14-3-4-14;1-2-3-4-5-6-7-8-9-13-14(10,11)12/h7H,1-6H2;2-9H2,1H3,(H2,10,11,12). The lowest BCUT2D eigenvalue weighted by Gasteiger charge is -2.21. The molecule has 31 heavy (non-hydrogen) atoms. The van der Waals surface area contributed by atoms with Crippen molar-refractivity contribution in [2.75, 3.05) is 45.9 Å². The molecular formula is C21H34N3O6P. The Morgan fingerprint density at radius 1 is 0.839 bits per heavy atom. The number of carbonyl (C=O) groups is 2. The average Bonchev–Trinajstić information content (AvgIpc) is 3.56. The number of phosphoric ester groups is 1. The number of hydrogen-bond acceptors (Lipinski definition) is 7. The Morgan fingerprint density at radius 2 is 1.35 bits per heavy atom. The van der Waals surface area contributed by atoms with Crippen molar-refractivity contribution < 1.29 is 28.5 Å². The highest BCUT2D eigenvalue weighted by atomic mass is 31.2. The van der Waals surface area contributed by atoms with Crippen LogP contribution in [-0.4, -0.2) is 81.9 Å². The van der Waals surface area contributed by atoms with E-state index in [1.165, 1.54) is 31.8 Å². The van der Waals surface area contributed by atoms with Crippen LogP contribution >= 0.6 is 7.82 Å². The third-order valence-electron chi connectivity index (χ3n) is 5.50. The molecule has 3 heterocycles. The zero-order valence-electron chi connectivity index (χ0n) is 18.3. The minimum Gasteiger partial charge on any atom is -0.365 e. The molecule has 1 aliphatic carbocycles. The lowest BCUT2D eigenvalue weighted by molar-refractivity contribution is -0.117. The molecule has 4 aliphatic rings. The number of hydrogen-bond donors (Lipinski definition) is 2. The second-order valence-corrected chi connectivity index (χ2v) is 9.57. The molecule has 9 nitrogen and oxygen atoms in total. The molecule has 0 aromatic rings. The first-order valence-corrected chi connectivity index (χ1v) is 12.8. The third-order valence-corrected chi connectivity index (χ3v) is 6.01. The molecule has 0 bridgehead atoms. The first-order valence-electron chi connectivity index (χ1n) is 11.3. The molecular weight excluding hydrogens is 421 g/mol. The van der Waals surface area contributed by atoms with Crippen LogP contribution in [0, 0.1) is 0 Å². The summed E-state index contributed by atoms with van der Waals surface area (Å²) in [5.41, 5.74) is 1.89. The number of ketones is 2. The molecule has 3 saturated heterocycles. The Hall–Kier alpha value is -1.67. The van der Waals surface area contributed by atoms with E-state index in [1.54, 1.807) is 0 Å². The van der Waals surface area contributed by atoms with Crippen LogP contribution in [-0.2, 0) is 18.7 Å². The van der Waals surface area contributed by atoms with Crippen molar-refractivity contribution in [2.24, 2.45) is 0 Å². The summed E-state index contributed by atoms with van der Waals surface area (Å²) in [4.78, 5) is 47.2. The summed E-state index contributed by atoms with van der Waals surface area (Å²) in [6, 6.07) is 0. The van der Waals surface area contributed by atoms with E-state index in [-0.39, 0.29) is 18.2 Å². The maximum atomic E-state index is 12.4. The van der Waals surface area contributed by atoms with Crippen molar-refractivity contribution in [2.45, 2.75) is 51.9 Å². The normalized spacial score (nSPS) is 20.0. The third kappa shape index (κ3) is 7.75. The number of Topliss-reactive ketones (excluding diaryl/α,β-unsaturated/α-hetero) is 1. The van der Waals surface area contributed by atoms with Gasteiger partial charge in [-0.15, -0.1) is 0 Å². The highest BCUT2D eigenvalue weighted by Gasteiger charge is 2.43. The number of carbonyl (C=O) groups excluding carboxylic acids is 2. The summed E-state index contributed by atoms with van der Waals surface area (Å²) in [6.45, 7) is 7.75. The Kier molecular flexibility index (Phi) is 8.33. The SMILES string of the molecule is CCCCCCCCCOP(=O)(O)O.O=C1C=C(N2CC2)C(=O)C(N2CC2)=C1N1CC1. The van der Waals surface area contributed by atoms with Gasteiger partial charge in [-0.3, -0.25) is 14.1 Å². The number of phosphoric acid groups is 1. The van der Waals surface area contributed by atoms with Gasteiger partial charge in [0.1, 0.15) is 11.4 Å². The molecule has 10 heteroatoms. The van der Waals surface area contributed by atoms with Gasteiger partial charge in [-0.05, 0) is 6.42 Å². The fraction of sp³-hybridized carbons (Fsp3) is 0.714. The van der Waals surface area contributed by atoms with Crippen molar-refractivity contribution >= 4 is 19.4 Å². The summed E-state index contributed by atoms with van der Waals surface area (Å²) in [5, 5.41) is 0. The molecule has 2 N–H and O–H groups in total. The highest BCUT2D eigenvalue weighted by molar-refractivity contribution is 7.46. The van der Waals surface area contributed by atoms with Crippen molar-refractivity contribution in [3.05, 3.63) is 23.2 Å². The number of unbranched alkanes of at least 4 members (excludes halogenated alkanes) is 6. The number of nitrogens with zero attached hydrogens (tertiary/aromatic N) is 3. The number of allylic oxidation sites excluding steroid dienone is 1. The van der Waals surface area contributed by atoms with Crippen LogP contribution in [0.5, 0.6) is 0 Å². The minimum atomic E-state index is -4.23. The summed E-state index contributed by atoms with van der Waals surface area (Å²) in [7, 11) is -4.23. The van der Waals surface area contributed by atoms with Crippen LogP contribution in [0.1, 0.15) is 51.9 Å². The molecule has 0 aromatic heterocycles. The van der Waals surface area contributed by atoms with E-state index < -0.39 is 7.82 Å². The summed E-state index contributed by atoms with van der Waals surface area (Å²) < 4.78 is 14.6. The van der Waals surface area contributed by atoms with E-state index in [0.717, 1.165) is 58.5 Å². The Bertz CT molecular complexity index is 778. The van der Waals surface area contributed by atoms with Crippen molar-refractivity contribution in [1.29, 1.82) is 0 Å². The van der Waals surface area contributed by atoms with Crippen LogP contribution in [0.3, 0.4) is 0 Å². The topological polar surface area (TPSA) is 110 Å². The predicted molar refractivity (Wildman–Crippen MR) is 116 cm³/mol. The van der Waals surface area contributed by atoms with E-state index in [1.807, 2.05) is 14.7 Å². The maximum absolute atomic E-state index is 12.4. The first-order chi connectivity index (χ1) is 14.8. The summed E-state index contributed by atoms with van der Waals surface area (Å²) >= 11 is 0. The van der Waals surface area contributed by atoms with Crippen LogP contribution in [0.4, 0.5) is 0 Å². The van der Waals surface area contributed by atoms with Gasteiger partial charge in [-0.25, -0.2) is 4.57 Å². The second kappa shape index (κ2) is 10.8. The van der Waals surface area contributed by atoms with E-state index in [2.05, 4.69) is 11.4 Å². The van der Waals surface area contributed by atoms with Gasteiger partial charge in [0.05, 0.1) is 12.3 Å². The van der Waals surface area contributed by atoms with Gasteiger partial charge in [0, 0.05) is 45.3 Å². The van der Waals surface area contributed by atoms with Gasteiger partial charge >= 0.3 is 7.82 Å². The van der Waals surface area contributed by atoms with Crippen LogP contribution in [0.25, 0.3) is 0 Å². The first kappa shape index (κ1) is 24.0. The Morgan fingerprint density at radius 3 is 1.87 bits per heavy atom. The quantitative estimate of drug-likeness (QED) is 0.198. The minimum absolute atomic E-state index is 0.00546. The molecule has 174 valence electrons. The van der Waals surface area contributed by atoms with Gasteiger partial charge in [0.2, 0.25) is 11.6 Å². The zero-order valence-corrected chi connectivity index (χ0v) is 19.2. The van der Waals surface area contributed by atoms with Crippen LogP contribution in [0.15, 0.2) is 23.2 Å². The van der Waals surface area contributed by atoms with Gasteiger partial charge < -0.3 is 24.5 Å².